The van der Waals surface area contributed by atoms with Crippen molar-refractivity contribution >= 4 is 32.5 Å². The van der Waals surface area contributed by atoms with Crippen molar-refractivity contribution in [3.05, 3.63) is 34.9 Å². The number of aromatic nitrogens is 1. The molecule has 1 aliphatic rings. The number of halogens is 1. The van der Waals surface area contributed by atoms with E-state index in [2.05, 4.69) is 43.3 Å². The normalized spacial score (nSPS) is 17.0. The molecular formula is C17H22BrN3O. The summed E-state index contributed by atoms with van der Waals surface area (Å²) in [4.78, 5) is 6.79. The molecular weight excluding hydrogens is 342 g/mol. The van der Waals surface area contributed by atoms with Crippen LogP contribution in [0, 0.1) is 5.92 Å². The molecule has 0 unspecified atom stereocenters. The Labute approximate surface area is 139 Å². The van der Waals surface area contributed by atoms with E-state index in [9.17, 15) is 0 Å². The number of nitrogens with zero attached hydrogens (tertiary/aromatic N) is 2. The van der Waals surface area contributed by atoms with Crippen molar-refractivity contribution in [3.63, 3.8) is 0 Å². The Morgan fingerprint density at radius 3 is 2.86 bits per heavy atom. The molecule has 0 radical (unpaired) electrons. The predicted octanol–water partition coefficient (Wildman–Crippen LogP) is 3.11. The van der Waals surface area contributed by atoms with Crippen LogP contribution in [0.5, 0.6) is 0 Å². The molecule has 0 aliphatic carbocycles. The van der Waals surface area contributed by atoms with Gasteiger partial charge in [0.15, 0.2) is 0 Å². The molecule has 5 heteroatoms. The molecule has 118 valence electrons. The average Bonchev–Trinajstić information content (AvgIpc) is 2.55. The van der Waals surface area contributed by atoms with Crippen molar-refractivity contribution < 1.29 is 5.11 Å². The number of hydrogen-bond acceptors (Lipinski definition) is 4. The lowest BCUT2D eigenvalue weighted by Gasteiger charge is -2.31. The molecule has 22 heavy (non-hydrogen) atoms. The molecule has 2 aromatic rings. The molecule has 1 aromatic carbocycles. The molecule has 2 heterocycles. The summed E-state index contributed by atoms with van der Waals surface area (Å²) in [7, 11) is 0. The van der Waals surface area contributed by atoms with E-state index in [1.807, 2.05) is 18.3 Å². The minimum Gasteiger partial charge on any atom is -0.395 e. The number of pyridine rings is 1. The minimum atomic E-state index is 0.265. The summed E-state index contributed by atoms with van der Waals surface area (Å²) in [6, 6.07) is 8.23. The van der Waals surface area contributed by atoms with E-state index in [4.69, 9.17) is 5.11 Å². The molecule has 0 bridgehead atoms. The van der Waals surface area contributed by atoms with Crippen LogP contribution in [0.2, 0.25) is 0 Å². The molecule has 4 nitrogen and oxygen atoms in total. The number of β-amino-alcohol motifs (C(OH)–C–C–N with tert-alkyl or cyclic N) is 1. The number of aliphatic hydroxyl groups excluding tert-OH is 1. The number of benzene rings is 1. The van der Waals surface area contributed by atoms with Crippen LogP contribution in [0.4, 0.5) is 5.69 Å². The molecule has 2 N–H and O–H groups in total. The summed E-state index contributed by atoms with van der Waals surface area (Å²) in [5, 5.41) is 13.8. The third-order valence-corrected chi connectivity index (χ3v) is 5.07. The molecule has 3 rings (SSSR count). The largest absolute Gasteiger partial charge is 0.395 e. The second kappa shape index (κ2) is 7.40. The number of fused-ring (bicyclic) bond motifs is 1. The minimum absolute atomic E-state index is 0.265. The molecule has 0 atom stereocenters. The molecule has 0 saturated carbocycles. The van der Waals surface area contributed by atoms with Gasteiger partial charge in [0.25, 0.3) is 0 Å². The van der Waals surface area contributed by atoms with Crippen molar-refractivity contribution in [2.75, 3.05) is 38.1 Å². The first kappa shape index (κ1) is 15.7. The van der Waals surface area contributed by atoms with Gasteiger partial charge in [0, 0.05) is 34.8 Å². The Hall–Kier alpha value is -1.17. The Morgan fingerprint density at radius 1 is 1.27 bits per heavy atom. The maximum atomic E-state index is 9.00. The average molecular weight is 364 g/mol. The van der Waals surface area contributed by atoms with Crippen LogP contribution in [-0.4, -0.2) is 47.8 Å². The maximum absolute atomic E-state index is 9.00. The number of piperidine rings is 1. The number of para-hydroxylation sites is 1. The van der Waals surface area contributed by atoms with E-state index in [1.54, 1.807) is 0 Å². The van der Waals surface area contributed by atoms with Crippen LogP contribution in [0.15, 0.2) is 34.9 Å². The summed E-state index contributed by atoms with van der Waals surface area (Å²) in [5.74, 6) is 0.699. The van der Waals surface area contributed by atoms with Gasteiger partial charge in [-0.2, -0.15) is 0 Å². The van der Waals surface area contributed by atoms with Gasteiger partial charge < -0.3 is 15.3 Å². The van der Waals surface area contributed by atoms with Crippen molar-refractivity contribution in [1.29, 1.82) is 0 Å². The summed E-state index contributed by atoms with van der Waals surface area (Å²) in [5.41, 5.74) is 2.16. The van der Waals surface area contributed by atoms with Crippen LogP contribution < -0.4 is 5.32 Å². The fourth-order valence-electron chi connectivity index (χ4n) is 3.10. The van der Waals surface area contributed by atoms with Gasteiger partial charge in [0.1, 0.15) is 0 Å². The number of nitrogens with one attached hydrogen (secondary N) is 1. The first-order chi connectivity index (χ1) is 10.8. The predicted molar refractivity (Wildman–Crippen MR) is 94.2 cm³/mol. The highest BCUT2D eigenvalue weighted by atomic mass is 79.9. The highest BCUT2D eigenvalue weighted by Crippen LogP contribution is 2.28. The second-order valence-corrected chi connectivity index (χ2v) is 6.74. The van der Waals surface area contributed by atoms with Gasteiger partial charge in [-0.15, -0.1) is 0 Å². The number of likely N-dealkylation sites (tertiary alicyclic amines) is 1. The number of rotatable bonds is 5. The molecule has 1 saturated heterocycles. The lowest BCUT2D eigenvalue weighted by atomic mass is 9.96. The van der Waals surface area contributed by atoms with E-state index in [-0.39, 0.29) is 6.61 Å². The number of anilines is 1. The van der Waals surface area contributed by atoms with Crippen LogP contribution >= 0.6 is 15.9 Å². The first-order valence-electron chi connectivity index (χ1n) is 7.88. The summed E-state index contributed by atoms with van der Waals surface area (Å²) in [6.07, 6.45) is 4.25. The summed E-state index contributed by atoms with van der Waals surface area (Å²) in [6.45, 7) is 4.26. The van der Waals surface area contributed by atoms with Gasteiger partial charge >= 0.3 is 0 Å². The van der Waals surface area contributed by atoms with Crippen LogP contribution in [0.25, 0.3) is 10.9 Å². The zero-order valence-electron chi connectivity index (χ0n) is 12.6. The molecule has 1 aromatic heterocycles. The highest BCUT2D eigenvalue weighted by molar-refractivity contribution is 9.10. The van der Waals surface area contributed by atoms with Gasteiger partial charge in [-0.05, 0) is 59.9 Å². The Kier molecular flexibility index (Phi) is 5.28. The Morgan fingerprint density at radius 2 is 2.09 bits per heavy atom. The second-order valence-electron chi connectivity index (χ2n) is 5.88. The topological polar surface area (TPSA) is 48.4 Å². The summed E-state index contributed by atoms with van der Waals surface area (Å²) >= 11 is 3.56. The fraction of sp³-hybridized carbons (Fsp3) is 0.471. The lowest BCUT2D eigenvalue weighted by molar-refractivity contribution is 0.151. The highest BCUT2D eigenvalue weighted by Gasteiger charge is 2.18. The van der Waals surface area contributed by atoms with Gasteiger partial charge in [0.05, 0.1) is 12.1 Å². The van der Waals surface area contributed by atoms with Gasteiger partial charge in [-0.25, -0.2) is 0 Å². The van der Waals surface area contributed by atoms with Crippen molar-refractivity contribution in [1.82, 2.24) is 9.88 Å². The van der Waals surface area contributed by atoms with E-state index >= 15 is 0 Å². The summed E-state index contributed by atoms with van der Waals surface area (Å²) < 4.78 is 1.03. The molecule has 0 spiro atoms. The van der Waals surface area contributed by atoms with E-state index in [0.29, 0.717) is 5.92 Å². The third-order valence-electron chi connectivity index (χ3n) is 4.43. The molecule has 0 amide bonds. The van der Waals surface area contributed by atoms with Gasteiger partial charge in [-0.1, -0.05) is 12.1 Å². The quantitative estimate of drug-likeness (QED) is 0.856. The first-order valence-corrected chi connectivity index (χ1v) is 8.67. The third kappa shape index (κ3) is 3.59. The van der Waals surface area contributed by atoms with Crippen LogP contribution in [0.1, 0.15) is 12.8 Å². The lowest BCUT2D eigenvalue weighted by Crippen LogP contribution is -2.37. The zero-order chi connectivity index (χ0) is 15.4. The Bertz CT molecular complexity index is 626. The van der Waals surface area contributed by atoms with Crippen molar-refractivity contribution in [3.8, 4) is 0 Å². The molecule has 1 fully saturated rings. The van der Waals surface area contributed by atoms with Gasteiger partial charge in [0.2, 0.25) is 0 Å². The van der Waals surface area contributed by atoms with E-state index in [1.165, 1.54) is 12.8 Å². The number of aliphatic hydroxyl groups is 1. The zero-order valence-corrected chi connectivity index (χ0v) is 14.2. The van der Waals surface area contributed by atoms with Crippen molar-refractivity contribution in [2.24, 2.45) is 5.92 Å². The van der Waals surface area contributed by atoms with E-state index < -0.39 is 0 Å². The smallest absolute Gasteiger partial charge is 0.0864 e. The van der Waals surface area contributed by atoms with Gasteiger partial charge in [-0.3, -0.25) is 4.98 Å². The molecule has 1 aliphatic heterocycles. The fourth-order valence-corrected chi connectivity index (χ4v) is 3.57. The van der Waals surface area contributed by atoms with Crippen LogP contribution in [0.3, 0.4) is 0 Å². The standard InChI is InChI=1S/C17H22BrN3O/c18-15-3-1-2-14-16(4-7-19-17(14)15)20-12-13-5-8-21(9-6-13)10-11-22/h1-4,7,13,22H,5-6,8-12H2,(H,19,20). The van der Waals surface area contributed by atoms with E-state index in [0.717, 1.165) is 47.2 Å². The maximum Gasteiger partial charge on any atom is 0.0864 e. The Balaban J connectivity index is 1.62. The van der Waals surface area contributed by atoms with Crippen molar-refractivity contribution in [2.45, 2.75) is 12.8 Å². The SMILES string of the molecule is OCCN1CCC(CNc2ccnc3c(Br)cccc23)CC1. The van der Waals surface area contributed by atoms with Crippen LogP contribution in [-0.2, 0) is 0 Å². The number of hydrogen-bond donors (Lipinski definition) is 2. The monoisotopic (exact) mass is 363 g/mol.